The van der Waals surface area contributed by atoms with Crippen molar-refractivity contribution in [1.82, 2.24) is 0 Å². The average molecular weight is 223 g/mol. The molecule has 3 N–H and O–H groups in total. The molecule has 0 heterocycles. The maximum Gasteiger partial charge on any atom is 0.320 e. The van der Waals surface area contributed by atoms with Gasteiger partial charge < -0.3 is 15.6 Å². The molecule has 88 valence electrons. The standard InChI is InChI=1S/C12H17NO3/c1-8(11(13)12(14)15)7-9-3-5-10(16-2)6-4-9/h3-6,8,11H,7,13H2,1-2H3,(H,14,15)/t8-,11?/m1/s1. The SMILES string of the molecule is COc1ccc(C[C@@H](C)C(N)C(=O)O)cc1. The van der Waals surface area contributed by atoms with E-state index >= 15 is 0 Å². The largest absolute Gasteiger partial charge is 0.497 e. The van der Waals surface area contributed by atoms with Gasteiger partial charge in [0.25, 0.3) is 0 Å². The van der Waals surface area contributed by atoms with E-state index in [2.05, 4.69) is 0 Å². The van der Waals surface area contributed by atoms with Gasteiger partial charge in [0, 0.05) is 0 Å². The van der Waals surface area contributed by atoms with Crippen LogP contribution in [0.2, 0.25) is 0 Å². The lowest BCUT2D eigenvalue weighted by molar-refractivity contribution is -0.139. The van der Waals surface area contributed by atoms with E-state index in [0.29, 0.717) is 6.42 Å². The number of carbonyl (C=O) groups is 1. The summed E-state index contributed by atoms with van der Waals surface area (Å²) in [6, 6.07) is 6.73. The molecule has 1 aromatic carbocycles. The molecule has 0 aliphatic heterocycles. The molecule has 0 amide bonds. The van der Waals surface area contributed by atoms with Gasteiger partial charge in [0.05, 0.1) is 7.11 Å². The van der Waals surface area contributed by atoms with Crippen molar-refractivity contribution in [2.24, 2.45) is 11.7 Å². The summed E-state index contributed by atoms with van der Waals surface area (Å²) in [6.07, 6.45) is 0.650. The Balaban J connectivity index is 2.62. The van der Waals surface area contributed by atoms with Gasteiger partial charge in [0.2, 0.25) is 0 Å². The summed E-state index contributed by atoms with van der Waals surface area (Å²) in [5.74, 6) is -0.258. The van der Waals surface area contributed by atoms with Crippen LogP contribution in [-0.2, 0) is 11.2 Å². The maximum atomic E-state index is 10.7. The molecular weight excluding hydrogens is 206 g/mol. The van der Waals surface area contributed by atoms with E-state index in [9.17, 15) is 4.79 Å². The van der Waals surface area contributed by atoms with Crippen molar-refractivity contribution in [1.29, 1.82) is 0 Å². The maximum absolute atomic E-state index is 10.7. The molecule has 16 heavy (non-hydrogen) atoms. The van der Waals surface area contributed by atoms with Crippen LogP contribution < -0.4 is 10.5 Å². The highest BCUT2D eigenvalue weighted by Crippen LogP contribution is 2.15. The van der Waals surface area contributed by atoms with Gasteiger partial charge >= 0.3 is 5.97 Å². The molecule has 0 aliphatic rings. The number of ether oxygens (including phenoxy) is 1. The number of methoxy groups -OCH3 is 1. The minimum absolute atomic E-state index is 0.0918. The Hall–Kier alpha value is -1.55. The molecule has 0 fully saturated rings. The normalized spacial score (nSPS) is 14.2. The molecule has 1 rings (SSSR count). The monoisotopic (exact) mass is 223 g/mol. The van der Waals surface area contributed by atoms with Crippen LogP contribution in [0.25, 0.3) is 0 Å². The third-order valence-corrected chi connectivity index (χ3v) is 2.61. The number of nitrogens with two attached hydrogens (primary N) is 1. The van der Waals surface area contributed by atoms with E-state index in [1.165, 1.54) is 0 Å². The zero-order valence-electron chi connectivity index (χ0n) is 9.51. The van der Waals surface area contributed by atoms with Crippen molar-refractivity contribution in [3.05, 3.63) is 29.8 Å². The molecule has 0 radical (unpaired) electrons. The first-order valence-electron chi connectivity index (χ1n) is 5.16. The van der Waals surface area contributed by atoms with Gasteiger partial charge in [-0.3, -0.25) is 4.79 Å². The molecule has 4 nitrogen and oxygen atoms in total. The van der Waals surface area contributed by atoms with Crippen molar-refractivity contribution in [3.8, 4) is 5.75 Å². The second-order valence-corrected chi connectivity index (χ2v) is 3.89. The third-order valence-electron chi connectivity index (χ3n) is 2.61. The summed E-state index contributed by atoms with van der Waals surface area (Å²) in [4.78, 5) is 10.7. The topological polar surface area (TPSA) is 72.5 Å². The minimum atomic E-state index is -0.957. The van der Waals surface area contributed by atoms with Gasteiger partial charge in [-0.2, -0.15) is 0 Å². The number of rotatable bonds is 5. The van der Waals surface area contributed by atoms with E-state index < -0.39 is 12.0 Å². The fourth-order valence-electron chi connectivity index (χ4n) is 1.50. The molecule has 0 bridgehead atoms. The molecule has 1 aromatic rings. The lowest BCUT2D eigenvalue weighted by atomic mass is 9.94. The predicted molar refractivity (Wildman–Crippen MR) is 61.5 cm³/mol. The number of hydrogen-bond donors (Lipinski definition) is 2. The van der Waals surface area contributed by atoms with Gasteiger partial charge in [-0.15, -0.1) is 0 Å². The fourth-order valence-corrected chi connectivity index (χ4v) is 1.50. The van der Waals surface area contributed by atoms with E-state index in [1.807, 2.05) is 31.2 Å². The predicted octanol–water partition coefficient (Wildman–Crippen LogP) is 1.29. The molecule has 2 atom stereocenters. The van der Waals surface area contributed by atoms with E-state index in [4.69, 9.17) is 15.6 Å². The van der Waals surface area contributed by atoms with Gasteiger partial charge in [0.15, 0.2) is 0 Å². The van der Waals surface area contributed by atoms with Gasteiger partial charge in [-0.25, -0.2) is 0 Å². The summed E-state index contributed by atoms with van der Waals surface area (Å²) in [7, 11) is 1.61. The quantitative estimate of drug-likeness (QED) is 0.788. The molecule has 0 aromatic heterocycles. The highest BCUT2D eigenvalue weighted by Gasteiger charge is 2.19. The van der Waals surface area contributed by atoms with Crippen molar-refractivity contribution in [2.75, 3.05) is 7.11 Å². The highest BCUT2D eigenvalue weighted by molar-refractivity contribution is 5.73. The van der Waals surface area contributed by atoms with Crippen LogP contribution in [0, 0.1) is 5.92 Å². The van der Waals surface area contributed by atoms with Gasteiger partial charge in [0.1, 0.15) is 11.8 Å². The van der Waals surface area contributed by atoms with E-state index in [-0.39, 0.29) is 5.92 Å². The summed E-state index contributed by atoms with van der Waals surface area (Å²) < 4.78 is 5.04. The first kappa shape index (κ1) is 12.5. The van der Waals surface area contributed by atoms with Crippen LogP contribution in [0.15, 0.2) is 24.3 Å². The van der Waals surface area contributed by atoms with Gasteiger partial charge in [-0.1, -0.05) is 19.1 Å². The summed E-state index contributed by atoms with van der Waals surface area (Å²) in [5.41, 5.74) is 6.60. The van der Waals surface area contributed by atoms with Crippen LogP contribution in [-0.4, -0.2) is 24.2 Å². The van der Waals surface area contributed by atoms with E-state index in [1.54, 1.807) is 7.11 Å². The van der Waals surface area contributed by atoms with Crippen molar-refractivity contribution < 1.29 is 14.6 Å². The molecule has 0 saturated heterocycles. The fraction of sp³-hybridized carbons (Fsp3) is 0.417. The molecule has 0 spiro atoms. The first-order valence-corrected chi connectivity index (χ1v) is 5.16. The minimum Gasteiger partial charge on any atom is -0.497 e. The number of aliphatic carboxylic acids is 1. The number of carboxylic acids is 1. The second kappa shape index (κ2) is 5.51. The Morgan fingerprint density at radius 1 is 1.44 bits per heavy atom. The molecular formula is C12H17NO3. The number of carboxylic acid groups (broad SMARTS) is 1. The van der Waals surface area contributed by atoms with Crippen LogP contribution >= 0.6 is 0 Å². The number of hydrogen-bond acceptors (Lipinski definition) is 3. The van der Waals surface area contributed by atoms with Crippen molar-refractivity contribution in [3.63, 3.8) is 0 Å². The molecule has 1 unspecified atom stereocenters. The molecule has 0 aliphatic carbocycles. The highest BCUT2D eigenvalue weighted by atomic mass is 16.5. The van der Waals surface area contributed by atoms with Crippen molar-refractivity contribution in [2.45, 2.75) is 19.4 Å². The second-order valence-electron chi connectivity index (χ2n) is 3.89. The Kier molecular flexibility index (Phi) is 4.31. The summed E-state index contributed by atoms with van der Waals surface area (Å²) in [6.45, 7) is 1.84. The zero-order chi connectivity index (χ0) is 12.1. The lowest BCUT2D eigenvalue weighted by Crippen LogP contribution is -2.37. The smallest absolute Gasteiger partial charge is 0.320 e. The van der Waals surface area contributed by atoms with E-state index in [0.717, 1.165) is 11.3 Å². The summed E-state index contributed by atoms with van der Waals surface area (Å²) in [5, 5.41) is 8.77. The Labute approximate surface area is 95.0 Å². The Morgan fingerprint density at radius 2 is 2.00 bits per heavy atom. The molecule has 4 heteroatoms. The van der Waals surface area contributed by atoms with Crippen LogP contribution in [0.3, 0.4) is 0 Å². The Morgan fingerprint density at radius 3 is 2.44 bits per heavy atom. The molecule has 0 saturated carbocycles. The van der Waals surface area contributed by atoms with Crippen molar-refractivity contribution >= 4 is 5.97 Å². The van der Waals surface area contributed by atoms with Crippen LogP contribution in [0.1, 0.15) is 12.5 Å². The lowest BCUT2D eigenvalue weighted by Gasteiger charge is -2.15. The number of benzene rings is 1. The Bertz CT molecular complexity index is 348. The first-order chi connectivity index (χ1) is 7.54. The van der Waals surface area contributed by atoms with Crippen LogP contribution in [0.4, 0.5) is 0 Å². The third kappa shape index (κ3) is 3.24. The summed E-state index contributed by atoms with van der Waals surface area (Å²) >= 11 is 0. The zero-order valence-corrected chi connectivity index (χ0v) is 9.51. The van der Waals surface area contributed by atoms with Crippen LogP contribution in [0.5, 0.6) is 5.75 Å². The van der Waals surface area contributed by atoms with Gasteiger partial charge in [-0.05, 0) is 30.0 Å². The average Bonchev–Trinajstić information content (AvgIpc) is 2.28.